The first kappa shape index (κ1) is 25.5. The summed E-state index contributed by atoms with van der Waals surface area (Å²) in [4.78, 5) is 36.8. The van der Waals surface area contributed by atoms with Gasteiger partial charge < -0.3 is 10.6 Å². The number of amides is 2. The molecule has 2 aromatic carbocycles. The number of rotatable bonds is 5. The first-order valence-corrected chi connectivity index (χ1v) is 13.1. The summed E-state index contributed by atoms with van der Waals surface area (Å²) in [5, 5.41) is 15.9. The monoisotopic (exact) mass is 538 g/mol. The van der Waals surface area contributed by atoms with Crippen LogP contribution in [0.5, 0.6) is 0 Å². The lowest BCUT2D eigenvalue weighted by Crippen LogP contribution is -2.49. The number of hydrogen-bond acceptors (Lipinski definition) is 7. The van der Waals surface area contributed by atoms with Gasteiger partial charge in [0.1, 0.15) is 22.8 Å². The van der Waals surface area contributed by atoms with Gasteiger partial charge in [-0.15, -0.1) is 5.10 Å². The van der Waals surface area contributed by atoms with Crippen LogP contribution in [0, 0.1) is 12.7 Å². The molecule has 0 saturated carbocycles. The van der Waals surface area contributed by atoms with E-state index in [1.54, 1.807) is 29.3 Å². The minimum Gasteiger partial charge on any atom is -0.354 e. The summed E-state index contributed by atoms with van der Waals surface area (Å²) >= 11 is 0. The van der Waals surface area contributed by atoms with E-state index in [1.165, 1.54) is 23.9 Å². The summed E-state index contributed by atoms with van der Waals surface area (Å²) in [6, 6.07) is 15.1. The van der Waals surface area contributed by atoms with Crippen LogP contribution in [0.3, 0.4) is 0 Å². The molecular formula is C29H27FN8O2. The van der Waals surface area contributed by atoms with E-state index in [9.17, 15) is 9.59 Å². The summed E-state index contributed by atoms with van der Waals surface area (Å²) in [7, 11) is 1.51. The number of piperidine rings is 1. The molecule has 11 heteroatoms. The number of pyridine rings is 2. The Morgan fingerprint density at radius 3 is 2.80 bits per heavy atom. The molecule has 202 valence electrons. The van der Waals surface area contributed by atoms with E-state index in [4.69, 9.17) is 0 Å². The molecule has 1 fully saturated rings. The average Bonchev–Trinajstić information content (AvgIpc) is 3.41. The second-order valence-electron chi connectivity index (χ2n) is 9.77. The Morgan fingerprint density at radius 1 is 1.15 bits per heavy atom. The van der Waals surface area contributed by atoms with Crippen LogP contribution in [0.2, 0.25) is 0 Å². The van der Waals surface area contributed by atoms with Gasteiger partial charge in [0.05, 0.1) is 17.3 Å². The maximum absolute atomic E-state index is 15.8. The smallest absolute Gasteiger partial charge is 0.269 e. The number of carbonyl (C=O) groups excluding carboxylic acids is 2. The first-order valence-electron chi connectivity index (χ1n) is 13.1. The standard InChI is InChI=1S/C29H27FN8O2/c1-17-5-3-6-18-12-14-33-27(25(17)18)37(20-7-4-13-32-16-20)29(40)21-9-8-19(15-22(21)30)38-26-23(35-36-38)10-11-24(34-26)28(39)31-2/h3,5-6,8-12,14-15,20,32H,4,7,13,16H2,1-2H3,(H,31,39)/t20-/m1/s1. The summed E-state index contributed by atoms with van der Waals surface area (Å²) in [6.07, 6.45) is 3.35. The van der Waals surface area contributed by atoms with Crippen molar-refractivity contribution in [3.05, 3.63) is 83.4 Å². The number of benzene rings is 2. The number of carbonyl (C=O) groups is 2. The van der Waals surface area contributed by atoms with E-state index in [0.717, 1.165) is 35.7 Å². The van der Waals surface area contributed by atoms with Gasteiger partial charge in [-0.05, 0) is 67.6 Å². The zero-order chi connectivity index (χ0) is 27.8. The van der Waals surface area contributed by atoms with Gasteiger partial charge in [-0.1, -0.05) is 23.4 Å². The maximum atomic E-state index is 15.8. The van der Waals surface area contributed by atoms with Gasteiger partial charge in [0.25, 0.3) is 11.8 Å². The number of aromatic nitrogens is 5. The largest absolute Gasteiger partial charge is 0.354 e. The Bertz CT molecular complexity index is 1760. The highest BCUT2D eigenvalue weighted by Crippen LogP contribution is 2.32. The lowest BCUT2D eigenvalue weighted by atomic mass is 10.0. The third-order valence-electron chi connectivity index (χ3n) is 7.25. The molecule has 6 rings (SSSR count). The van der Waals surface area contributed by atoms with Crippen molar-refractivity contribution >= 4 is 39.6 Å². The van der Waals surface area contributed by atoms with Crippen molar-refractivity contribution in [3.63, 3.8) is 0 Å². The molecular weight excluding hydrogens is 511 g/mol. The van der Waals surface area contributed by atoms with Crippen molar-refractivity contribution in [3.8, 4) is 5.69 Å². The molecule has 4 heterocycles. The third-order valence-corrected chi connectivity index (χ3v) is 7.25. The minimum atomic E-state index is -0.709. The molecule has 1 aliphatic heterocycles. The molecule has 5 aromatic rings. The third kappa shape index (κ3) is 4.43. The fraction of sp³-hybridized carbons (Fsp3) is 0.241. The van der Waals surface area contributed by atoms with E-state index in [1.807, 2.05) is 31.2 Å². The number of halogens is 1. The number of hydrogen-bond donors (Lipinski definition) is 2. The van der Waals surface area contributed by atoms with Crippen LogP contribution in [-0.2, 0) is 0 Å². The van der Waals surface area contributed by atoms with Crippen LogP contribution in [0.4, 0.5) is 10.2 Å². The van der Waals surface area contributed by atoms with E-state index in [-0.39, 0.29) is 23.2 Å². The Hall–Kier alpha value is -4.77. The van der Waals surface area contributed by atoms with Crippen molar-refractivity contribution in [1.29, 1.82) is 0 Å². The Kier molecular flexibility index (Phi) is 6.64. The molecule has 2 amide bonds. The van der Waals surface area contributed by atoms with Crippen molar-refractivity contribution in [2.24, 2.45) is 0 Å². The highest BCUT2D eigenvalue weighted by atomic mass is 19.1. The molecule has 1 atom stereocenters. The Balaban J connectivity index is 1.42. The lowest BCUT2D eigenvalue weighted by molar-refractivity contribution is 0.0953. The number of aryl methyl sites for hydroxylation is 1. The Labute approximate surface area is 229 Å². The summed E-state index contributed by atoms with van der Waals surface area (Å²) in [5.74, 6) is -1.02. The van der Waals surface area contributed by atoms with Gasteiger partial charge in [-0.25, -0.2) is 14.4 Å². The van der Waals surface area contributed by atoms with Crippen molar-refractivity contribution in [2.45, 2.75) is 25.8 Å². The van der Waals surface area contributed by atoms with E-state index in [2.05, 4.69) is 30.9 Å². The fourth-order valence-corrected chi connectivity index (χ4v) is 5.24. The minimum absolute atomic E-state index is 0.0786. The molecule has 0 aliphatic carbocycles. The van der Waals surface area contributed by atoms with Gasteiger partial charge in [-0.3, -0.25) is 14.5 Å². The first-order chi connectivity index (χ1) is 19.5. The molecule has 0 bridgehead atoms. The molecule has 10 nitrogen and oxygen atoms in total. The number of nitrogens with one attached hydrogen (secondary N) is 2. The van der Waals surface area contributed by atoms with E-state index < -0.39 is 11.7 Å². The van der Waals surface area contributed by atoms with E-state index >= 15 is 4.39 Å². The Morgan fingerprint density at radius 2 is 2.02 bits per heavy atom. The summed E-state index contributed by atoms with van der Waals surface area (Å²) < 4.78 is 17.1. The van der Waals surface area contributed by atoms with Crippen LogP contribution < -0.4 is 15.5 Å². The summed E-state index contributed by atoms with van der Waals surface area (Å²) in [6.45, 7) is 3.43. The molecule has 40 heavy (non-hydrogen) atoms. The second kappa shape index (κ2) is 10.4. The predicted octanol–water partition coefficient (Wildman–Crippen LogP) is 3.57. The van der Waals surface area contributed by atoms with Crippen molar-refractivity contribution in [2.75, 3.05) is 25.0 Å². The van der Waals surface area contributed by atoms with Gasteiger partial charge in [0, 0.05) is 31.2 Å². The fourth-order valence-electron chi connectivity index (χ4n) is 5.24. The number of anilines is 1. The molecule has 1 aliphatic rings. The lowest BCUT2D eigenvalue weighted by Gasteiger charge is -2.35. The molecule has 1 saturated heterocycles. The van der Waals surface area contributed by atoms with Crippen LogP contribution >= 0.6 is 0 Å². The number of nitrogens with zero attached hydrogens (tertiary/aromatic N) is 6. The highest BCUT2D eigenvalue weighted by Gasteiger charge is 2.32. The zero-order valence-electron chi connectivity index (χ0n) is 22.1. The van der Waals surface area contributed by atoms with Gasteiger partial charge in [0.2, 0.25) is 0 Å². The summed E-state index contributed by atoms with van der Waals surface area (Å²) in [5.41, 5.74) is 2.15. The highest BCUT2D eigenvalue weighted by molar-refractivity contribution is 6.11. The molecule has 0 unspecified atom stereocenters. The predicted molar refractivity (Wildman–Crippen MR) is 149 cm³/mol. The van der Waals surface area contributed by atoms with Crippen LogP contribution in [0.15, 0.2) is 60.8 Å². The topological polar surface area (TPSA) is 118 Å². The normalized spacial score (nSPS) is 15.3. The quantitative estimate of drug-likeness (QED) is 0.351. The molecule has 3 aromatic heterocycles. The van der Waals surface area contributed by atoms with Gasteiger partial charge in [0.15, 0.2) is 5.65 Å². The van der Waals surface area contributed by atoms with Crippen molar-refractivity contribution in [1.82, 2.24) is 35.6 Å². The second-order valence-corrected chi connectivity index (χ2v) is 9.77. The molecule has 0 radical (unpaired) electrons. The van der Waals surface area contributed by atoms with Gasteiger partial charge in [-0.2, -0.15) is 4.68 Å². The zero-order valence-corrected chi connectivity index (χ0v) is 22.1. The molecule has 2 N–H and O–H groups in total. The van der Waals surface area contributed by atoms with E-state index in [0.29, 0.717) is 29.2 Å². The molecule has 0 spiro atoms. The average molecular weight is 539 g/mol. The SMILES string of the molecule is CNC(=O)c1ccc2nnn(-c3ccc(C(=O)N(c4nccc5cccc(C)c45)[C@@H]4CCCNC4)c(F)c3)c2n1. The van der Waals surface area contributed by atoms with Gasteiger partial charge >= 0.3 is 0 Å². The number of fused-ring (bicyclic) bond motifs is 2. The maximum Gasteiger partial charge on any atom is 0.269 e. The van der Waals surface area contributed by atoms with Crippen LogP contribution in [0.1, 0.15) is 39.3 Å². The van der Waals surface area contributed by atoms with Crippen molar-refractivity contribution < 1.29 is 14.0 Å². The van der Waals surface area contributed by atoms with Crippen LogP contribution in [0.25, 0.3) is 27.6 Å². The van der Waals surface area contributed by atoms with Crippen LogP contribution in [-0.4, -0.2) is 63.0 Å².